The van der Waals surface area contributed by atoms with Crippen LogP contribution < -0.4 is 0 Å². The molecule has 0 unspecified atom stereocenters. The Kier molecular flexibility index (Phi) is 2.60. The number of thiazole rings is 1. The molecule has 74 valence electrons. The van der Waals surface area contributed by atoms with Gasteiger partial charge in [-0.3, -0.25) is 0 Å². The fourth-order valence-corrected chi connectivity index (χ4v) is 1.85. The first-order valence-corrected chi connectivity index (χ1v) is 5.03. The predicted octanol–water partition coefficient (Wildman–Crippen LogP) is 2.25. The third-order valence-electron chi connectivity index (χ3n) is 1.68. The molecule has 2 aromatic heterocycles. The van der Waals surface area contributed by atoms with Gasteiger partial charge in [0.05, 0.1) is 12.3 Å². The molecule has 4 nitrogen and oxygen atoms in total. The summed E-state index contributed by atoms with van der Waals surface area (Å²) in [5, 5.41) is 2.83. The molecular weight excluding hydrogens is 200 g/mol. The Hall–Kier alpha value is -1.20. The average Bonchev–Trinajstić information content (AvgIpc) is 2.74. The topological polar surface area (TPSA) is 48.2 Å². The number of hydrogen-bond acceptors (Lipinski definition) is 5. The van der Waals surface area contributed by atoms with Crippen LogP contribution in [0.2, 0.25) is 0 Å². The zero-order valence-corrected chi connectivity index (χ0v) is 8.80. The van der Waals surface area contributed by atoms with Gasteiger partial charge in [0.15, 0.2) is 5.89 Å². The van der Waals surface area contributed by atoms with E-state index in [9.17, 15) is 0 Å². The largest absolute Gasteiger partial charge is 0.449 e. The molecular formula is C9H10N2O2S. The smallest absolute Gasteiger partial charge is 0.191 e. The van der Waals surface area contributed by atoms with Crippen molar-refractivity contribution in [2.24, 2.45) is 0 Å². The molecule has 0 N–H and O–H groups in total. The van der Waals surface area contributed by atoms with Crippen LogP contribution in [0.1, 0.15) is 11.6 Å². The fourth-order valence-electron chi connectivity index (χ4n) is 1.10. The highest BCUT2D eigenvalue weighted by molar-refractivity contribution is 7.13. The second kappa shape index (κ2) is 3.89. The number of aromatic nitrogens is 2. The monoisotopic (exact) mass is 210 g/mol. The second-order valence-corrected chi connectivity index (χ2v) is 3.69. The first kappa shape index (κ1) is 9.36. The maximum Gasteiger partial charge on any atom is 0.191 e. The molecule has 0 aliphatic heterocycles. The zero-order valence-electron chi connectivity index (χ0n) is 7.98. The summed E-state index contributed by atoms with van der Waals surface area (Å²) in [6.07, 6.45) is 1.62. The van der Waals surface area contributed by atoms with E-state index in [1.165, 1.54) is 0 Å². The molecule has 0 aromatic carbocycles. The average molecular weight is 210 g/mol. The highest BCUT2D eigenvalue weighted by Gasteiger charge is 2.08. The van der Waals surface area contributed by atoms with Crippen LogP contribution in [0.25, 0.3) is 10.7 Å². The Bertz CT molecular complexity index is 422. The second-order valence-electron chi connectivity index (χ2n) is 2.83. The van der Waals surface area contributed by atoms with Crippen molar-refractivity contribution >= 4 is 11.3 Å². The van der Waals surface area contributed by atoms with E-state index in [4.69, 9.17) is 9.15 Å². The van der Waals surface area contributed by atoms with Gasteiger partial charge in [0.1, 0.15) is 17.0 Å². The number of rotatable bonds is 3. The number of methoxy groups -OCH3 is 1. The number of ether oxygens (including phenoxy) is 1. The van der Waals surface area contributed by atoms with Crippen molar-refractivity contribution in [3.05, 3.63) is 23.2 Å². The highest BCUT2D eigenvalue weighted by Crippen LogP contribution is 2.22. The molecule has 2 aromatic rings. The minimum Gasteiger partial charge on any atom is -0.449 e. The van der Waals surface area contributed by atoms with Crippen LogP contribution in [-0.4, -0.2) is 17.1 Å². The third kappa shape index (κ3) is 1.83. The molecule has 0 atom stereocenters. The summed E-state index contributed by atoms with van der Waals surface area (Å²) in [5.74, 6) is 0.656. The molecule has 2 heterocycles. The van der Waals surface area contributed by atoms with Gasteiger partial charge in [-0.05, 0) is 0 Å². The molecule has 0 aliphatic rings. The number of oxazole rings is 1. The van der Waals surface area contributed by atoms with Gasteiger partial charge in [-0.2, -0.15) is 0 Å². The normalized spacial score (nSPS) is 10.7. The van der Waals surface area contributed by atoms with Crippen molar-refractivity contribution in [2.75, 3.05) is 7.11 Å². The lowest BCUT2D eigenvalue weighted by molar-refractivity contribution is 0.182. The SMILES string of the molecule is COCc1csc(-c2coc(C)n2)n1. The number of nitrogens with zero attached hydrogens (tertiary/aromatic N) is 2. The summed E-state index contributed by atoms with van der Waals surface area (Å²) in [7, 11) is 1.65. The Labute approximate surface area is 85.6 Å². The Morgan fingerprint density at radius 1 is 1.50 bits per heavy atom. The number of aryl methyl sites for hydroxylation is 1. The van der Waals surface area contributed by atoms with Gasteiger partial charge in [-0.15, -0.1) is 11.3 Å². The van der Waals surface area contributed by atoms with E-state index in [-0.39, 0.29) is 0 Å². The van der Waals surface area contributed by atoms with Crippen LogP contribution >= 0.6 is 11.3 Å². The van der Waals surface area contributed by atoms with Crippen LogP contribution in [0.3, 0.4) is 0 Å². The van der Waals surface area contributed by atoms with Gasteiger partial charge in [0.2, 0.25) is 0 Å². The quantitative estimate of drug-likeness (QED) is 0.779. The summed E-state index contributed by atoms with van der Waals surface area (Å²) in [6, 6.07) is 0. The summed E-state index contributed by atoms with van der Waals surface area (Å²) < 4.78 is 10.1. The van der Waals surface area contributed by atoms with Crippen molar-refractivity contribution < 1.29 is 9.15 Å². The molecule has 0 spiro atoms. The van der Waals surface area contributed by atoms with Gasteiger partial charge in [-0.1, -0.05) is 0 Å². The van der Waals surface area contributed by atoms with E-state index < -0.39 is 0 Å². The minimum absolute atomic E-state index is 0.535. The molecule has 0 amide bonds. The number of hydrogen-bond donors (Lipinski definition) is 0. The van der Waals surface area contributed by atoms with E-state index in [1.807, 2.05) is 12.3 Å². The lowest BCUT2D eigenvalue weighted by Gasteiger charge is -1.90. The summed E-state index contributed by atoms with van der Waals surface area (Å²) >= 11 is 1.54. The Morgan fingerprint density at radius 3 is 3.00 bits per heavy atom. The summed E-state index contributed by atoms with van der Waals surface area (Å²) in [5.41, 5.74) is 1.71. The van der Waals surface area contributed by atoms with E-state index in [2.05, 4.69) is 9.97 Å². The Morgan fingerprint density at radius 2 is 2.36 bits per heavy atom. The molecule has 2 rings (SSSR count). The van der Waals surface area contributed by atoms with Crippen LogP contribution in [-0.2, 0) is 11.3 Å². The molecule has 0 radical (unpaired) electrons. The maximum absolute atomic E-state index is 5.11. The van der Waals surface area contributed by atoms with Crippen molar-refractivity contribution in [3.8, 4) is 10.7 Å². The first-order valence-electron chi connectivity index (χ1n) is 4.15. The lowest BCUT2D eigenvalue weighted by atomic mass is 10.5. The molecule has 14 heavy (non-hydrogen) atoms. The van der Waals surface area contributed by atoms with Crippen molar-refractivity contribution in [1.82, 2.24) is 9.97 Å². The fraction of sp³-hybridized carbons (Fsp3) is 0.333. The summed E-state index contributed by atoms with van der Waals surface area (Å²) in [6.45, 7) is 2.35. The summed E-state index contributed by atoms with van der Waals surface area (Å²) in [4.78, 5) is 8.55. The molecule has 0 bridgehead atoms. The lowest BCUT2D eigenvalue weighted by Crippen LogP contribution is -1.87. The van der Waals surface area contributed by atoms with Crippen LogP contribution in [0.4, 0.5) is 0 Å². The van der Waals surface area contributed by atoms with Gasteiger partial charge in [0, 0.05) is 19.4 Å². The first-order chi connectivity index (χ1) is 6.79. The van der Waals surface area contributed by atoms with E-state index in [0.717, 1.165) is 16.4 Å². The van der Waals surface area contributed by atoms with Crippen LogP contribution in [0.15, 0.2) is 16.1 Å². The zero-order chi connectivity index (χ0) is 9.97. The van der Waals surface area contributed by atoms with Crippen molar-refractivity contribution in [3.63, 3.8) is 0 Å². The maximum atomic E-state index is 5.11. The van der Waals surface area contributed by atoms with Gasteiger partial charge < -0.3 is 9.15 Å². The van der Waals surface area contributed by atoms with E-state index in [1.54, 1.807) is 24.7 Å². The molecule has 0 saturated heterocycles. The van der Waals surface area contributed by atoms with Gasteiger partial charge >= 0.3 is 0 Å². The Balaban J connectivity index is 2.24. The van der Waals surface area contributed by atoms with Gasteiger partial charge in [0.25, 0.3) is 0 Å². The molecule has 5 heteroatoms. The third-order valence-corrected chi connectivity index (χ3v) is 2.60. The molecule has 0 fully saturated rings. The molecule has 0 saturated carbocycles. The van der Waals surface area contributed by atoms with Crippen LogP contribution in [0, 0.1) is 6.92 Å². The van der Waals surface area contributed by atoms with Gasteiger partial charge in [-0.25, -0.2) is 9.97 Å². The highest BCUT2D eigenvalue weighted by atomic mass is 32.1. The predicted molar refractivity (Wildman–Crippen MR) is 53.1 cm³/mol. The van der Waals surface area contributed by atoms with Crippen LogP contribution in [0.5, 0.6) is 0 Å². The van der Waals surface area contributed by atoms with E-state index >= 15 is 0 Å². The minimum atomic E-state index is 0.535. The molecule has 0 aliphatic carbocycles. The van der Waals surface area contributed by atoms with Crippen molar-refractivity contribution in [2.45, 2.75) is 13.5 Å². The standard InChI is InChI=1S/C9H10N2O2S/c1-6-10-8(4-13-6)9-11-7(3-12-2)5-14-9/h4-5H,3H2,1-2H3. The van der Waals surface area contributed by atoms with E-state index in [0.29, 0.717) is 12.5 Å². The van der Waals surface area contributed by atoms with Crippen molar-refractivity contribution in [1.29, 1.82) is 0 Å².